The van der Waals surface area contributed by atoms with Crippen LogP contribution in [0.15, 0.2) is 0 Å². The van der Waals surface area contributed by atoms with Gasteiger partial charge >= 0.3 is 8.25 Å². The number of aliphatic hydroxyl groups is 4. The molecule has 0 aromatic carbocycles. The van der Waals surface area contributed by atoms with Crippen molar-refractivity contribution in [2.75, 3.05) is 13.2 Å². The number of aliphatic hydroxyl groups excluding tert-OH is 4. The summed E-state index contributed by atoms with van der Waals surface area (Å²) in [6, 6.07) is 0. The molecular weight excluding hydrogens is 343 g/mol. The molecule has 140 valence electrons. The van der Waals surface area contributed by atoms with Crippen LogP contribution in [-0.2, 0) is 18.6 Å². The van der Waals surface area contributed by atoms with Gasteiger partial charge in [-0.2, -0.15) is 0 Å². The molecule has 0 spiro atoms. The van der Waals surface area contributed by atoms with Crippen LogP contribution in [0, 0.1) is 5.41 Å². The summed E-state index contributed by atoms with van der Waals surface area (Å²) in [5.74, 6) is 0. The van der Waals surface area contributed by atoms with Gasteiger partial charge in [-0.3, -0.25) is 0 Å². The average molecular weight is 369 g/mol. The highest BCUT2D eigenvalue weighted by Gasteiger charge is 2.49. The van der Waals surface area contributed by atoms with Crippen molar-refractivity contribution < 1.29 is 43.9 Å². The lowest BCUT2D eigenvalue weighted by atomic mass is 9.88. The second-order valence-corrected chi connectivity index (χ2v) is 7.98. The van der Waals surface area contributed by atoms with Crippen molar-refractivity contribution in [2.45, 2.75) is 69.4 Å². The Balaban J connectivity index is 1.83. The van der Waals surface area contributed by atoms with Gasteiger partial charge in [-0.25, -0.2) is 0 Å². The van der Waals surface area contributed by atoms with E-state index in [-0.39, 0.29) is 12.0 Å². The lowest BCUT2D eigenvalue weighted by Crippen LogP contribution is -2.58. The lowest BCUT2D eigenvalue weighted by molar-refractivity contribution is -0.289. The van der Waals surface area contributed by atoms with Crippen molar-refractivity contribution in [3.05, 3.63) is 0 Å². The van der Waals surface area contributed by atoms with Crippen LogP contribution < -0.4 is 0 Å². The zero-order valence-electron chi connectivity index (χ0n) is 13.7. The topological polar surface area (TPSA) is 146 Å². The molecule has 5 N–H and O–H groups in total. The Morgan fingerprint density at radius 3 is 2.42 bits per heavy atom. The molecule has 8 atom stereocenters. The molecule has 2 aliphatic rings. The Hall–Kier alpha value is -0.220. The second-order valence-electron chi connectivity index (χ2n) is 7.32. The van der Waals surface area contributed by atoms with Crippen molar-refractivity contribution in [3.8, 4) is 0 Å². The predicted molar refractivity (Wildman–Crippen MR) is 81.0 cm³/mol. The minimum atomic E-state index is -2.67. The second kappa shape index (κ2) is 7.57. The molecule has 1 aliphatic carbocycles. The molecule has 2 rings (SSSR count). The first-order valence-corrected chi connectivity index (χ1v) is 8.99. The normalized spacial score (nSPS) is 47.0. The van der Waals surface area contributed by atoms with Gasteiger partial charge in [0.25, 0.3) is 0 Å². The maximum absolute atomic E-state index is 10.9. The molecule has 1 saturated carbocycles. The van der Waals surface area contributed by atoms with E-state index >= 15 is 0 Å². The number of hydrogen-bond acceptors (Lipinski definition) is 8. The van der Waals surface area contributed by atoms with Crippen LogP contribution in [0.3, 0.4) is 0 Å². The fourth-order valence-electron chi connectivity index (χ4n) is 3.53. The molecule has 24 heavy (non-hydrogen) atoms. The minimum absolute atomic E-state index is 0.0660. The summed E-state index contributed by atoms with van der Waals surface area (Å²) in [7, 11) is -2.67. The van der Waals surface area contributed by atoms with Crippen LogP contribution in [0.2, 0.25) is 0 Å². The van der Waals surface area contributed by atoms with Crippen molar-refractivity contribution >= 4 is 8.25 Å². The van der Waals surface area contributed by atoms with Gasteiger partial charge in [0.05, 0.1) is 13.2 Å². The molecule has 1 saturated heterocycles. The SMILES string of the molecule is CC1(COCC2OC(O)C(O)C(O)C2O)CCC(C)(O[P+](=O)O)C1. The van der Waals surface area contributed by atoms with E-state index in [9.17, 15) is 25.0 Å². The van der Waals surface area contributed by atoms with Gasteiger partial charge in [0.1, 0.15) is 30.0 Å². The van der Waals surface area contributed by atoms with Crippen LogP contribution in [0.5, 0.6) is 0 Å². The van der Waals surface area contributed by atoms with Crippen molar-refractivity contribution in [3.63, 3.8) is 0 Å². The summed E-state index contributed by atoms with van der Waals surface area (Å²) < 4.78 is 26.6. The monoisotopic (exact) mass is 369 g/mol. The highest BCUT2D eigenvalue weighted by atomic mass is 31.1. The Labute approximate surface area is 141 Å². The van der Waals surface area contributed by atoms with Crippen molar-refractivity contribution in [1.29, 1.82) is 0 Å². The minimum Gasteiger partial charge on any atom is -0.387 e. The maximum Gasteiger partial charge on any atom is 0.695 e. The smallest absolute Gasteiger partial charge is 0.387 e. The van der Waals surface area contributed by atoms with E-state index in [1.165, 1.54) is 0 Å². The Morgan fingerprint density at radius 1 is 1.12 bits per heavy atom. The van der Waals surface area contributed by atoms with Gasteiger partial charge in [-0.1, -0.05) is 6.92 Å². The summed E-state index contributed by atoms with van der Waals surface area (Å²) in [6.07, 6.45) is -5.09. The fourth-order valence-corrected chi connectivity index (χ4v) is 4.06. The number of hydrogen-bond donors (Lipinski definition) is 5. The predicted octanol–water partition coefficient (Wildman–Crippen LogP) is -0.582. The zero-order chi connectivity index (χ0) is 18.1. The summed E-state index contributed by atoms with van der Waals surface area (Å²) in [6.45, 7) is 3.99. The van der Waals surface area contributed by atoms with Gasteiger partial charge in [0.15, 0.2) is 6.29 Å². The molecule has 0 radical (unpaired) electrons. The summed E-state index contributed by atoms with van der Waals surface area (Å²) >= 11 is 0. The maximum atomic E-state index is 10.9. The molecular formula is C14H26O9P+. The van der Waals surface area contributed by atoms with E-state index in [4.69, 9.17) is 18.9 Å². The van der Waals surface area contributed by atoms with E-state index in [1.54, 1.807) is 6.92 Å². The van der Waals surface area contributed by atoms with Crippen molar-refractivity contribution in [2.24, 2.45) is 5.41 Å². The Morgan fingerprint density at radius 2 is 1.79 bits per heavy atom. The van der Waals surface area contributed by atoms with Crippen LogP contribution in [0.4, 0.5) is 0 Å². The van der Waals surface area contributed by atoms with Gasteiger partial charge < -0.3 is 29.9 Å². The lowest BCUT2D eigenvalue weighted by Gasteiger charge is -2.38. The summed E-state index contributed by atoms with van der Waals surface area (Å²) in [5.41, 5.74) is -0.950. The molecule has 0 aromatic rings. The molecule has 1 heterocycles. The summed E-state index contributed by atoms with van der Waals surface area (Å²) in [4.78, 5) is 8.94. The quantitative estimate of drug-likeness (QED) is 0.388. The van der Waals surface area contributed by atoms with Gasteiger partial charge in [-0.05, 0) is 31.6 Å². The molecule has 0 aromatic heterocycles. The number of rotatable bonds is 6. The molecule has 10 heteroatoms. The van der Waals surface area contributed by atoms with Crippen LogP contribution in [0.25, 0.3) is 0 Å². The van der Waals surface area contributed by atoms with Crippen molar-refractivity contribution in [1.82, 2.24) is 0 Å². The van der Waals surface area contributed by atoms with Gasteiger partial charge in [0.2, 0.25) is 0 Å². The van der Waals surface area contributed by atoms with Gasteiger partial charge in [0, 0.05) is 4.57 Å². The van der Waals surface area contributed by atoms with Gasteiger partial charge in [-0.15, -0.1) is 9.42 Å². The zero-order valence-corrected chi connectivity index (χ0v) is 14.6. The molecule has 0 bridgehead atoms. The highest BCUT2D eigenvalue weighted by molar-refractivity contribution is 7.32. The van der Waals surface area contributed by atoms with Crippen LogP contribution in [-0.4, -0.2) is 74.8 Å². The standard InChI is InChI=1S/C14H25O9P/c1-13(3-4-14(2,6-13)23-24(19)20)7-21-5-8-9(15)10(16)11(17)12(18)22-8/h8-12,15-18H,3-7H2,1-2H3/p+1. The highest BCUT2D eigenvalue weighted by Crippen LogP contribution is 2.48. The van der Waals surface area contributed by atoms with E-state index in [2.05, 4.69) is 0 Å². The van der Waals surface area contributed by atoms with E-state index in [0.717, 1.165) is 6.42 Å². The third kappa shape index (κ3) is 4.69. The first kappa shape index (κ1) is 20.1. The third-order valence-corrected chi connectivity index (χ3v) is 5.37. The molecule has 0 amide bonds. The third-order valence-electron chi connectivity index (χ3n) is 4.78. The van der Waals surface area contributed by atoms with E-state index in [1.807, 2.05) is 6.92 Å². The van der Waals surface area contributed by atoms with E-state index < -0.39 is 44.6 Å². The largest absolute Gasteiger partial charge is 0.695 e. The molecule has 9 nitrogen and oxygen atoms in total. The number of ether oxygens (including phenoxy) is 2. The van der Waals surface area contributed by atoms with Crippen LogP contribution >= 0.6 is 8.25 Å². The average Bonchev–Trinajstić information content (AvgIpc) is 2.76. The molecule has 1 aliphatic heterocycles. The van der Waals surface area contributed by atoms with E-state index in [0.29, 0.717) is 19.4 Å². The first-order chi connectivity index (χ1) is 11.1. The Kier molecular flexibility index (Phi) is 6.34. The first-order valence-electron chi connectivity index (χ1n) is 7.86. The molecule has 2 fully saturated rings. The summed E-state index contributed by atoms with van der Waals surface area (Å²) in [5, 5.41) is 38.4. The fraction of sp³-hybridized carbons (Fsp3) is 1.00. The molecule has 8 unspecified atom stereocenters. The Bertz CT molecular complexity index is 464. The van der Waals surface area contributed by atoms with Crippen LogP contribution in [0.1, 0.15) is 33.1 Å².